The molecular formula is C13H16FNO2S. The number of nitrogens with one attached hydrogen (secondary N) is 1. The molecule has 0 aromatic heterocycles. The summed E-state index contributed by atoms with van der Waals surface area (Å²) in [6, 6.07) is 5.40. The number of rotatable bonds is 5. The summed E-state index contributed by atoms with van der Waals surface area (Å²) in [4.78, 5) is -0.287. The first-order valence-electron chi connectivity index (χ1n) is 6.02. The van der Waals surface area contributed by atoms with Gasteiger partial charge in [-0.2, -0.15) is 0 Å². The Morgan fingerprint density at radius 3 is 2.72 bits per heavy atom. The summed E-state index contributed by atoms with van der Waals surface area (Å²) in [5.41, 5.74) is 1.28. The van der Waals surface area contributed by atoms with Gasteiger partial charge in [-0.15, -0.1) is 0 Å². The van der Waals surface area contributed by atoms with Crippen molar-refractivity contribution in [1.29, 1.82) is 0 Å². The first kappa shape index (κ1) is 13.2. The second kappa shape index (κ2) is 5.63. The summed E-state index contributed by atoms with van der Waals surface area (Å²) >= 11 is 0. The average molecular weight is 269 g/mol. The molecule has 0 fully saturated rings. The number of benzene rings is 1. The van der Waals surface area contributed by atoms with E-state index in [4.69, 9.17) is 0 Å². The molecule has 0 radical (unpaired) electrons. The molecule has 1 aromatic carbocycles. The fourth-order valence-corrected chi connectivity index (χ4v) is 3.16. The minimum absolute atomic E-state index is 0.287. The third-order valence-corrected chi connectivity index (χ3v) is 4.49. The molecule has 0 amide bonds. The van der Waals surface area contributed by atoms with Crippen LogP contribution in [0.15, 0.2) is 40.8 Å². The Balaban J connectivity index is 1.97. The van der Waals surface area contributed by atoms with Gasteiger partial charge in [0, 0.05) is 6.54 Å². The summed E-state index contributed by atoms with van der Waals surface area (Å²) < 4.78 is 39.5. The lowest BCUT2D eigenvalue weighted by Crippen LogP contribution is -2.25. The molecule has 5 heteroatoms. The maximum absolute atomic E-state index is 13.4. The molecule has 0 heterocycles. The minimum Gasteiger partial charge on any atom is -0.211 e. The lowest BCUT2D eigenvalue weighted by molar-refractivity contribution is 0.557. The molecule has 2 rings (SSSR count). The minimum atomic E-state index is -3.73. The van der Waals surface area contributed by atoms with Crippen LogP contribution in [0.3, 0.4) is 0 Å². The molecule has 1 N–H and O–H groups in total. The van der Waals surface area contributed by atoms with E-state index in [0.717, 1.165) is 25.3 Å². The van der Waals surface area contributed by atoms with Crippen LogP contribution in [0.4, 0.5) is 4.39 Å². The topological polar surface area (TPSA) is 46.2 Å². The highest BCUT2D eigenvalue weighted by Gasteiger charge is 2.17. The highest BCUT2D eigenvalue weighted by atomic mass is 32.2. The van der Waals surface area contributed by atoms with Crippen molar-refractivity contribution in [3.05, 3.63) is 41.7 Å². The summed E-state index contributed by atoms with van der Waals surface area (Å²) in [6.45, 7) is 0.322. The van der Waals surface area contributed by atoms with E-state index in [1.165, 1.54) is 23.8 Å². The Bertz CT molecular complexity index is 552. The number of halogens is 1. The van der Waals surface area contributed by atoms with Crippen molar-refractivity contribution >= 4 is 10.0 Å². The number of hydrogen-bond acceptors (Lipinski definition) is 2. The number of hydrogen-bond donors (Lipinski definition) is 1. The maximum atomic E-state index is 13.4. The molecule has 3 nitrogen and oxygen atoms in total. The first-order valence-corrected chi connectivity index (χ1v) is 7.50. The average Bonchev–Trinajstić information content (AvgIpc) is 2.82. The Labute approximate surface area is 107 Å². The van der Waals surface area contributed by atoms with E-state index in [1.54, 1.807) is 0 Å². The van der Waals surface area contributed by atoms with Gasteiger partial charge in [-0.1, -0.05) is 23.8 Å². The van der Waals surface area contributed by atoms with E-state index >= 15 is 0 Å². The Hall–Kier alpha value is -1.20. The fourth-order valence-electron chi connectivity index (χ4n) is 2.05. The van der Waals surface area contributed by atoms with Crippen LogP contribution in [0.5, 0.6) is 0 Å². The zero-order chi connectivity index (χ0) is 13.0. The molecule has 0 spiro atoms. The second-order valence-corrected chi connectivity index (χ2v) is 6.07. The third-order valence-electron chi connectivity index (χ3n) is 3.00. The summed E-state index contributed by atoms with van der Waals surface area (Å²) in [7, 11) is -3.73. The predicted octanol–water partition coefficient (Wildman–Crippen LogP) is 2.60. The maximum Gasteiger partial charge on any atom is 0.243 e. The van der Waals surface area contributed by atoms with Gasteiger partial charge in [-0.3, -0.25) is 0 Å². The molecule has 0 unspecified atom stereocenters. The molecule has 1 aliphatic carbocycles. The molecule has 0 saturated heterocycles. The van der Waals surface area contributed by atoms with Gasteiger partial charge < -0.3 is 0 Å². The van der Waals surface area contributed by atoms with Crippen molar-refractivity contribution in [2.24, 2.45) is 0 Å². The Morgan fingerprint density at radius 2 is 2.06 bits per heavy atom. The summed E-state index contributed by atoms with van der Waals surface area (Å²) in [5, 5.41) is 0. The molecule has 0 aliphatic heterocycles. The predicted molar refractivity (Wildman–Crippen MR) is 68.1 cm³/mol. The molecule has 98 valence electrons. The van der Waals surface area contributed by atoms with Crippen molar-refractivity contribution < 1.29 is 12.8 Å². The largest absolute Gasteiger partial charge is 0.243 e. The Kier molecular flexibility index (Phi) is 4.14. The van der Waals surface area contributed by atoms with E-state index in [-0.39, 0.29) is 4.90 Å². The van der Waals surface area contributed by atoms with Crippen molar-refractivity contribution in [2.45, 2.75) is 30.6 Å². The van der Waals surface area contributed by atoms with E-state index in [2.05, 4.69) is 10.8 Å². The van der Waals surface area contributed by atoms with Crippen LogP contribution < -0.4 is 4.72 Å². The zero-order valence-corrected chi connectivity index (χ0v) is 10.8. The second-order valence-electron chi connectivity index (χ2n) is 4.33. The smallest absolute Gasteiger partial charge is 0.211 e. The standard InChI is InChI=1S/C13H16FNO2S/c14-12-7-3-4-8-13(12)18(16,17)15-10-9-11-5-1-2-6-11/h3-5,7-8,15H,1-2,6,9-10H2. The molecule has 0 atom stereocenters. The molecule has 18 heavy (non-hydrogen) atoms. The van der Waals surface area contributed by atoms with Gasteiger partial charge in [0.25, 0.3) is 0 Å². The van der Waals surface area contributed by atoms with Crippen LogP contribution in [-0.2, 0) is 10.0 Å². The quantitative estimate of drug-likeness (QED) is 0.835. The van der Waals surface area contributed by atoms with Crippen LogP contribution in [-0.4, -0.2) is 15.0 Å². The van der Waals surface area contributed by atoms with Crippen LogP contribution >= 0.6 is 0 Å². The van der Waals surface area contributed by atoms with Crippen molar-refractivity contribution in [3.63, 3.8) is 0 Å². The molecule has 1 aliphatic rings. The highest BCUT2D eigenvalue weighted by Crippen LogP contribution is 2.20. The van der Waals surface area contributed by atoms with E-state index in [0.29, 0.717) is 13.0 Å². The van der Waals surface area contributed by atoms with Crippen LogP contribution in [0.1, 0.15) is 25.7 Å². The fraction of sp³-hybridized carbons (Fsp3) is 0.385. The van der Waals surface area contributed by atoms with Crippen molar-refractivity contribution in [2.75, 3.05) is 6.54 Å². The van der Waals surface area contributed by atoms with E-state index in [9.17, 15) is 12.8 Å². The van der Waals surface area contributed by atoms with Gasteiger partial charge >= 0.3 is 0 Å². The number of allylic oxidation sites excluding steroid dienone is 1. The highest BCUT2D eigenvalue weighted by molar-refractivity contribution is 7.89. The van der Waals surface area contributed by atoms with Crippen LogP contribution in [0.25, 0.3) is 0 Å². The van der Waals surface area contributed by atoms with E-state index < -0.39 is 15.8 Å². The molecule has 1 aromatic rings. The first-order chi connectivity index (χ1) is 8.59. The zero-order valence-electron chi connectivity index (χ0n) is 10.0. The normalized spacial score (nSPS) is 15.7. The van der Waals surface area contributed by atoms with Crippen molar-refractivity contribution in [1.82, 2.24) is 4.72 Å². The van der Waals surface area contributed by atoms with Gasteiger partial charge in [0.05, 0.1) is 0 Å². The van der Waals surface area contributed by atoms with Crippen LogP contribution in [0.2, 0.25) is 0 Å². The van der Waals surface area contributed by atoms with Crippen molar-refractivity contribution in [3.8, 4) is 0 Å². The lowest BCUT2D eigenvalue weighted by atomic mass is 10.2. The van der Waals surface area contributed by atoms with Gasteiger partial charge in [0.15, 0.2) is 0 Å². The van der Waals surface area contributed by atoms with Crippen LogP contribution in [0, 0.1) is 5.82 Å². The Morgan fingerprint density at radius 1 is 1.28 bits per heavy atom. The number of sulfonamides is 1. The van der Waals surface area contributed by atoms with Gasteiger partial charge in [-0.05, 0) is 37.8 Å². The third kappa shape index (κ3) is 3.17. The summed E-state index contributed by atoms with van der Waals surface area (Å²) in [5.74, 6) is -0.718. The SMILES string of the molecule is O=S(=O)(NCCC1=CCCC1)c1ccccc1F. The van der Waals surface area contributed by atoms with Gasteiger partial charge in [0.2, 0.25) is 10.0 Å². The van der Waals surface area contributed by atoms with E-state index in [1.807, 2.05) is 0 Å². The van der Waals surface area contributed by atoms with Gasteiger partial charge in [0.1, 0.15) is 10.7 Å². The molecule has 0 bridgehead atoms. The lowest BCUT2D eigenvalue weighted by Gasteiger charge is -2.07. The molecular weight excluding hydrogens is 253 g/mol. The monoisotopic (exact) mass is 269 g/mol. The molecule has 0 saturated carbocycles. The van der Waals surface area contributed by atoms with Gasteiger partial charge in [-0.25, -0.2) is 17.5 Å². The summed E-state index contributed by atoms with van der Waals surface area (Å²) in [6.07, 6.45) is 6.12.